The predicted octanol–water partition coefficient (Wildman–Crippen LogP) is 1.82. The van der Waals surface area contributed by atoms with Crippen LogP contribution in [0.4, 0.5) is 4.39 Å². The molecule has 0 radical (unpaired) electrons. The third-order valence-corrected chi connectivity index (χ3v) is 8.19. The van der Waals surface area contributed by atoms with Crippen LogP contribution in [0.2, 0.25) is 0 Å². The Morgan fingerprint density at radius 2 is 2.03 bits per heavy atom. The molecule has 4 heterocycles. The molecule has 176 valence electrons. The van der Waals surface area contributed by atoms with Gasteiger partial charge in [-0.05, 0) is 31.2 Å². The van der Waals surface area contributed by atoms with E-state index in [0.717, 1.165) is 5.69 Å². The average molecular weight is 484 g/mol. The van der Waals surface area contributed by atoms with Gasteiger partial charge in [0.15, 0.2) is 0 Å². The number of pyridine rings is 1. The van der Waals surface area contributed by atoms with Crippen LogP contribution >= 0.6 is 0 Å². The van der Waals surface area contributed by atoms with Crippen LogP contribution in [-0.4, -0.2) is 50.1 Å². The van der Waals surface area contributed by atoms with Crippen molar-refractivity contribution in [2.45, 2.75) is 31.3 Å². The highest BCUT2D eigenvalue weighted by atomic mass is 32.2. The summed E-state index contributed by atoms with van der Waals surface area (Å²) in [5.74, 6) is -0.964. The van der Waals surface area contributed by atoms with Gasteiger partial charge in [-0.2, -0.15) is 19.7 Å². The van der Waals surface area contributed by atoms with Crippen molar-refractivity contribution in [1.29, 1.82) is 0 Å². The zero-order valence-corrected chi connectivity index (χ0v) is 19.4. The van der Waals surface area contributed by atoms with Gasteiger partial charge < -0.3 is 9.88 Å². The molecule has 0 atom stereocenters. The molecule has 0 spiro atoms. The largest absolute Gasteiger partial charge is 0.347 e. The number of rotatable bonds is 5. The molecule has 0 fully saturated rings. The Bertz CT molecular complexity index is 1530. The molecule has 34 heavy (non-hydrogen) atoms. The lowest BCUT2D eigenvalue weighted by molar-refractivity contribution is 0.0942. The summed E-state index contributed by atoms with van der Waals surface area (Å²) in [7, 11) is -2.25. The van der Waals surface area contributed by atoms with Crippen LogP contribution in [0.25, 0.3) is 10.9 Å². The number of nitrogens with zero attached hydrogens (tertiary/aromatic N) is 5. The van der Waals surface area contributed by atoms with Crippen LogP contribution < -0.4 is 5.32 Å². The van der Waals surface area contributed by atoms with Crippen molar-refractivity contribution in [2.75, 3.05) is 6.54 Å². The van der Waals surface area contributed by atoms with Gasteiger partial charge in [0.1, 0.15) is 22.1 Å². The molecule has 1 aliphatic rings. The smallest absolute Gasteiger partial charge is 0.268 e. The van der Waals surface area contributed by atoms with E-state index in [-0.39, 0.29) is 30.2 Å². The summed E-state index contributed by atoms with van der Waals surface area (Å²) in [5, 5.41) is 13.9. The number of hydrogen-bond acceptors (Lipinski definition) is 6. The number of hydrogen-bond donors (Lipinski definition) is 2. The number of nitrogens with one attached hydrogen (secondary N) is 2. The molecule has 12 heteroatoms. The maximum atomic E-state index is 14.5. The molecule has 10 nitrogen and oxygen atoms in total. The average Bonchev–Trinajstić information content (AvgIpc) is 3.42. The summed E-state index contributed by atoms with van der Waals surface area (Å²) in [6.45, 7) is 1.96. The number of aromatic nitrogens is 5. The molecule has 5 rings (SSSR count). The van der Waals surface area contributed by atoms with Crippen LogP contribution in [0.1, 0.15) is 33.1 Å². The van der Waals surface area contributed by atoms with E-state index >= 15 is 0 Å². The van der Waals surface area contributed by atoms with E-state index in [9.17, 15) is 17.6 Å². The van der Waals surface area contributed by atoms with Crippen molar-refractivity contribution in [3.63, 3.8) is 0 Å². The fraction of sp³-hybridized carbons (Fsp3) is 0.273. The normalized spacial score (nSPS) is 14.3. The monoisotopic (exact) mass is 483 g/mol. The fourth-order valence-corrected chi connectivity index (χ4v) is 5.87. The first-order valence-corrected chi connectivity index (χ1v) is 12.1. The summed E-state index contributed by atoms with van der Waals surface area (Å²) >= 11 is 0. The SMILES string of the molecule is Cc1c(S(=O)(=O)N2CCc3n[nH]nc3C2)cc(C(=O)NCc2c(F)ccc3ncccc23)n1C. The molecule has 0 aliphatic carbocycles. The maximum absolute atomic E-state index is 14.5. The quantitative estimate of drug-likeness (QED) is 0.446. The van der Waals surface area contributed by atoms with E-state index in [1.807, 2.05) is 0 Å². The van der Waals surface area contributed by atoms with E-state index in [1.165, 1.54) is 21.0 Å². The maximum Gasteiger partial charge on any atom is 0.268 e. The highest BCUT2D eigenvalue weighted by Crippen LogP contribution is 2.27. The first-order valence-electron chi connectivity index (χ1n) is 10.6. The lowest BCUT2D eigenvalue weighted by Crippen LogP contribution is -2.36. The van der Waals surface area contributed by atoms with Gasteiger partial charge in [0.25, 0.3) is 5.91 Å². The Labute approximate surface area is 194 Å². The fourth-order valence-electron chi connectivity index (χ4n) is 4.20. The molecule has 0 unspecified atom stereocenters. The number of benzene rings is 1. The number of H-pyrrole nitrogens is 1. The summed E-state index contributed by atoms with van der Waals surface area (Å²) in [6, 6.07) is 7.69. The van der Waals surface area contributed by atoms with E-state index in [1.54, 1.807) is 38.4 Å². The first-order chi connectivity index (χ1) is 16.3. The van der Waals surface area contributed by atoms with Crippen LogP contribution in [0.15, 0.2) is 41.4 Å². The Morgan fingerprint density at radius 1 is 1.24 bits per heavy atom. The third kappa shape index (κ3) is 3.64. The molecule has 1 aromatic carbocycles. The number of fused-ring (bicyclic) bond motifs is 2. The molecule has 0 saturated carbocycles. The zero-order valence-electron chi connectivity index (χ0n) is 18.5. The van der Waals surface area contributed by atoms with Gasteiger partial charge in [-0.15, -0.1) is 0 Å². The predicted molar refractivity (Wildman–Crippen MR) is 121 cm³/mol. The van der Waals surface area contributed by atoms with Gasteiger partial charge in [-0.3, -0.25) is 9.78 Å². The Balaban J connectivity index is 1.40. The number of amides is 1. The second-order valence-electron chi connectivity index (χ2n) is 8.12. The molecule has 0 bridgehead atoms. The lowest BCUT2D eigenvalue weighted by Gasteiger charge is -2.24. The minimum Gasteiger partial charge on any atom is -0.347 e. The van der Waals surface area contributed by atoms with Gasteiger partial charge in [0.2, 0.25) is 10.0 Å². The first kappa shape index (κ1) is 22.2. The number of aromatic amines is 1. The van der Waals surface area contributed by atoms with Gasteiger partial charge >= 0.3 is 0 Å². The van der Waals surface area contributed by atoms with E-state index in [4.69, 9.17) is 0 Å². The molecule has 1 amide bonds. The number of carbonyl (C=O) groups excluding carboxylic acids is 1. The van der Waals surface area contributed by atoms with E-state index in [2.05, 4.69) is 25.7 Å². The summed E-state index contributed by atoms with van der Waals surface area (Å²) in [5.41, 5.74) is 2.87. The van der Waals surface area contributed by atoms with E-state index < -0.39 is 21.7 Å². The number of halogens is 1. The van der Waals surface area contributed by atoms with Crippen molar-refractivity contribution in [1.82, 2.24) is 34.6 Å². The van der Waals surface area contributed by atoms with Crippen molar-refractivity contribution >= 4 is 26.8 Å². The Hall–Kier alpha value is -3.64. The van der Waals surface area contributed by atoms with Crippen LogP contribution in [0, 0.1) is 12.7 Å². The summed E-state index contributed by atoms with van der Waals surface area (Å²) in [4.78, 5) is 17.2. The van der Waals surface area contributed by atoms with Crippen LogP contribution in [0.5, 0.6) is 0 Å². The Morgan fingerprint density at radius 3 is 2.85 bits per heavy atom. The lowest BCUT2D eigenvalue weighted by atomic mass is 10.1. The highest BCUT2D eigenvalue weighted by molar-refractivity contribution is 7.89. The van der Waals surface area contributed by atoms with Crippen molar-refractivity contribution in [3.05, 3.63) is 70.7 Å². The molecule has 3 aromatic heterocycles. The minimum atomic E-state index is -3.87. The molecular weight excluding hydrogens is 461 g/mol. The second-order valence-corrected chi connectivity index (χ2v) is 10.0. The highest BCUT2D eigenvalue weighted by Gasteiger charge is 2.33. The summed E-state index contributed by atoms with van der Waals surface area (Å²) < 4.78 is 44.1. The van der Waals surface area contributed by atoms with Crippen LogP contribution in [0.3, 0.4) is 0 Å². The number of sulfonamides is 1. The minimum absolute atomic E-state index is 0.0487. The van der Waals surface area contributed by atoms with Gasteiger partial charge in [-0.1, -0.05) is 6.07 Å². The number of carbonyl (C=O) groups is 1. The van der Waals surface area contributed by atoms with Gasteiger partial charge in [-0.25, -0.2) is 12.8 Å². The molecule has 4 aromatic rings. The van der Waals surface area contributed by atoms with E-state index in [0.29, 0.717) is 34.3 Å². The van der Waals surface area contributed by atoms with Gasteiger partial charge in [0.05, 0.1) is 17.8 Å². The molecule has 1 aliphatic heterocycles. The zero-order chi connectivity index (χ0) is 24.0. The summed E-state index contributed by atoms with van der Waals surface area (Å²) in [6.07, 6.45) is 2.07. The standard InChI is InChI=1S/C22H22FN7O3S/c1-13-21(34(32,33)30-9-7-18-19(12-30)27-28-26-18)10-20(29(13)2)22(31)25-11-15-14-4-3-8-24-17(14)6-5-16(15)23/h3-6,8,10H,7,9,11-12H2,1-2H3,(H,25,31)(H,26,27,28). The molecule has 2 N–H and O–H groups in total. The van der Waals surface area contributed by atoms with Crippen LogP contribution in [-0.2, 0) is 36.6 Å². The van der Waals surface area contributed by atoms with Crippen molar-refractivity contribution in [2.24, 2.45) is 7.05 Å². The second kappa shape index (κ2) is 8.29. The van der Waals surface area contributed by atoms with Gasteiger partial charge in [0, 0.05) is 49.4 Å². The molecule has 0 saturated heterocycles. The molecular formula is C22H22FN7O3S. The van der Waals surface area contributed by atoms with Crippen molar-refractivity contribution < 1.29 is 17.6 Å². The van der Waals surface area contributed by atoms with Crippen molar-refractivity contribution in [3.8, 4) is 0 Å². The topological polar surface area (TPSA) is 126 Å². The Kier molecular flexibility index (Phi) is 5.41. The third-order valence-electron chi connectivity index (χ3n) is 6.23.